The van der Waals surface area contributed by atoms with E-state index >= 15 is 0 Å². The molecule has 0 radical (unpaired) electrons. The van der Waals surface area contributed by atoms with E-state index in [1.807, 2.05) is 19.1 Å². The van der Waals surface area contributed by atoms with E-state index in [4.69, 9.17) is 0 Å². The van der Waals surface area contributed by atoms with Crippen LogP contribution in [0.4, 0.5) is 5.82 Å². The van der Waals surface area contributed by atoms with Crippen LogP contribution < -0.4 is 10.6 Å². The molecule has 9 heteroatoms. The van der Waals surface area contributed by atoms with Crippen LogP contribution in [0.25, 0.3) is 0 Å². The van der Waals surface area contributed by atoms with Gasteiger partial charge in [0, 0.05) is 6.20 Å². The normalized spacial score (nSPS) is 14.5. The number of anilines is 1. The lowest BCUT2D eigenvalue weighted by molar-refractivity contribution is 0.102. The molecule has 2 aromatic heterocycles. The molecule has 7 nitrogen and oxygen atoms in total. The highest BCUT2D eigenvalue weighted by atomic mass is 35.5. The molecule has 0 unspecified atom stereocenters. The molecular weight excluding hydrogens is 339 g/mol. The second-order valence-electron chi connectivity index (χ2n) is 5.24. The van der Waals surface area contributed by atoms with Crippen molar-refractivity contribution in [3.63, 3.8) is 0 Å². The highest BCUT2D eigenvalue weighted by molar-refractivity contribution is 6.02. The minimum Gasteiger partial charge on any atom is -0.317 e. The van der Waals surface area contributed by atoms with Crippen molar-refractivity contribution >= 4 is 36.5 Å². The van der Waals surface area contributed by atoms with E-state index in [1.165, 1.54) is 0 Å². The Balaban J connectivity index is 0.00000132. The van der Waals surface area contributed by atoms with Crippen LogP contribution >= 0.6 is 24.8 Å². The first kappa shape index (κ1) is 19.3. The van der Waals surface area contributed by atoms with Crippen LogP contribution in [0.15, 0.2) is 24.5 Å². The summed E-state index contributed by atoms with van der Waals surface area (Å²) in [5, 5.41) is 14.1. The lowest BCUT2D eigenvalue weighted by Gasteiger charge is -2.22. The second kappa shape index (κ2) is 8.81. The average Bonchev–Trinajstić information content (AvgIpc) is 2.98. The quantitative estimate of drug-likeness (QED) is 0.876. The number of piperidine rings is 1. The maximum absolute atomic E-state index is 12.1. The molecule has 2 N–H and O–H groups in total. The smallest absolute Gasteiger partial charge is 0.278 e. The zero-order valence-electron chi connectivity index (χ0n) is 12.7. The van der Waals surface area contributed by atoms with E-state index in [0.29, 0.717) is 17.6 Å². The van der Waals surface area contributed by atoms with Gasteiger partial charge in [0.15, 0.2) is 5.69 Å². The van der Waals surface area contributed by atoms with Gasteiger partial charge in [-0.05, 0) is 50.6 Å². The van der Waals surface area contributed by atoms with Gasteiger partial charge in [0.05, 0.1) is 12.2 Å². The van der Waals surface area contributed by atoms with Crippen LogP contribution in [0.3, 0.4) is 0 Å². The Morgan fingerprint density at radius 2 is 2.09 bits per heavy atom. The van der Waals surface area contributed by atoms with Crippen LogP contribution in [0.2, 0.25) is 0 Å². The SMILES string of the molecule is Cc1ccnc(NC(=O)c2cn(C3CCNCC3)nn2)c1.Cl.Cl. The second-order valence-corrected chi connectivity index (χ2v) is 5.24. The summed E-state index contributed by atoms with van der Waals surface area (Å²) in [7, 11) is 0. The van der Waals surface area contributed by atoms with Gasteiger partial charge < -0.3 is 10.6 Å². The van der Waals surface area contributed by atoms with E-state index in [9.17, 15) is 4.79 Å². The molecule has 0 aromatic carbocycles. The van der Waals surface area contributed by atoms with E-state index in [2.05, 4.69) is 25.9 Å². The number of aryl methyl sites for hydroxylation is 1. The number of halogens is 2. The summed E-state index contributed by atoms with van der Waals surface area (Å²) in [6.45, 7) is 3.89. The summed E-state index contributed by atoms with van der Waals surface area (Å²) in [6, 6.07) is 4.01. The molecule has 0 saturated carbocycles. The van der Waals surface area contributed by atoms with Gasteiger partial charge in [-0.15, -0.1) is 29.9 Å². The van der Waals surface area contributed by atoms with Crippen molar-refractivity contribution in [3.05, 3.63) is 35.8 Å². The lowest BCUT2D eigenvalue weighted by atomic mass is 10.1. The lowest BCUT2D eigenvalue weighted by Crippen LogP contribution is -2.29. The minimum atomic E-state index is -0.284. The van der Waals surface area contributed by atoms with Gasteiger partial charge in [-0.1, -0.05) is 5.21 Å². The van der Waals surface area contributed by atoms with Gasteiger partial charge in [-0.2, -0.15) is 0 Å². The molecule has 3 rings (SSSR count). The van der Waals surface area contributed by atoms with E-state index in [0.717, 1.165) is 31.5 Å². The molecule has 0 spiro atoms. The van der Waals surface area contributed by atoms with Crippen molar-refractivity contribution in [2.24, 2.45) is 0 Å². The Labute approximate surface area is 147 Å². The zero-order chi connectivity index (χ0) is 14.7. The third kappa shape index (κ3) is 4.89. The van der Waals surface area contributed by atoms with E-state index < -0.39 is 0 Å². The first-order valence-corrected chi connectivity index (χ1v) is 7.09. The highest BCUT2D eigenvalue weighted by Gasteiger charge is 2.18. The minimum absolute atomic E-state index is 0. The zero-order valence-corrected chi connectivity index (χ0v) is 14.4. The molecule has 0 aliphatic carbocycles. The summed E-state index contributed by atoms with van der Waals surface area (Å²) in [4.78, 5) is 16.2. The summed E-state index contributed by atoms with van der Waals surface area (Å²) >= 11 is 0. The summed E-state index contributed by atoms with van der Waals surface area (Å²) in [6.07, 6.45) is 5.38. The van der Waals surface area contributed by atoms with Crippen LogP contribution in [0.5, 0.6) is 0 Å². The maximum Gasteiger partial charge on any atom is 0.278 e. The predicted molar refractivity (Wildman–Crippen MR) is 92.6 cm³/mol. The number of carbonyl (C=O) groups is 1. The predicted octanol–water partition coefficient (Wildman–Crippen LogP) is 2.00. The fraction of sp³-hybridized carbons (Fsp3) is 0.429. The summed E-state index contributed by atoms with van der Waals surface area (Å²) in [5.74, 6) is 0.240. The van der Waals surface area contributed by atoms with Gasteiger partial charge in [0.25, 0.3) is 5.91 Å². The van der Waals surface area contributed by atoms with Crippen molar-refractivity contribution in [2.75, 3.05) is 18.4 Å². The number of hydrogen-bond donors (Lipinski definition) is 2. The molecule has 126 valence electrons. The molecule has 1 fully saturated rings. The van der Waals surface area contributed by atoms with Crippen molar-refractivity contribution < 1.29 is 4.79 Å². The number of rotatable bonds is 3. The molecule has 23 heavy (non-hydrogen) atoms. The molecule has 1 saturated heterocycles. The number of amides is 1. The van der Waals surface area contributed by atoms with Crippen molar-refractivity contribution in [2.45, 2.75) is 25.8 Å². The Morgan fingerprint density at radius 1 is 1.35 bits per heavy atom. The van der Waals surface area contributed by atoms with E-state index in [-0.39, 0.29) is 30.7 Å². The van der Waals surface area contributed by atoms with Gasteiger partial charge in [0.1, 0.15) is 5.82 Å². The fourth-order valence-corrected chi connectivity index (χ4v) is 2.42. The number of pyridine rings is 1. The van der Waals surface area contributed by atoms with Crippen LogP contribution in [0, 0.1) is 6.92 Å². The molecule has 3 heterocycles. The maximum atomic E-state index is 12.1. The Kier molecular flexibility index (Phi) is 7.41. The largest absolute Gasteiger partial charge is 0.317 e. The van der Waals surface area contributed by atoms with Gasteiger partial charge in [-0.25, -0.2) is 9.67 Å². The van der Waals surface area contributed by atoms with Crippen LogP contribution in [-0.2, 0) is 0 Å². The topological polar surface area (TPSA) is 84.7 Å². The molecule has 2 aromatic rings. The highest BCUT2D eigenvalue weighted by Crippen LogP contribution is 2.17. The van der Waals surface area contributed by atoms with Crippen molar-refractivity contribution in [1.29, 1.82) is 0 Å². The Morgan fingerprint density at radius 3 is 2.78 bits per heavy atom. The molecule has 1 aliphatic rings. The third-order valence-electron chi connectivity index (χ3n) is 3.58. The van der Waals surface area contributed by atoms with Gasteiger partial charge >= 0.3 is 0 Å². The van der Waals surface area contributed by atoms with Gasteiger partial charge in [0.2, 0.25) is 0 Å². The van der Waals surface area contributed by atoms with Gasteiger partial charge in [-0.3, -0.25) is 4.79 Å². The third-order valence-corrected chi connectivity index (χ3v) is 3.58. The first-order chi connectivity index (χ1) is 10.2. The molecule has 0 bridgehead atoms. The molecule has 1 amide bonds. The number of nitrogens with one attached hydrogen (secondary N) is 2. The standard InChI is InChI=1S/C14H18N6O.2ClH/c1-10-2-7-16-13(8-10)17-14(21)12-9-20(19-18-12)11-3-5-15-6-4-11;;/h2,7-9,11,15H,3-6H2,1H3,(H,16,17,21);2*1H. The number of nitrogens with zero attached hydrogens (tertiary/aromatic N) is 4. The number of carbonyl (C=O) groups excluding carboxylic acids is 1. The van der Waals surface area contributed by atoms with Crippen LogP contribution in [-0.4, -0.2) is 39.0 Å². The summed E-state index contributed by atoms with van der Waals surface area (Å²) < 4.78 is 1.79. The Bertz CT molecular complexity index is 642. The average molecular weight is 359 g/mol. The molecule has 0 atom stereocenters. The molecule has 1 aliphatic heterocycles. The first-order valence-electron chi connectivity index (χ1n) is 7.09. The summed E-state index contributed by atoms with van der Waals surface area (Å²) in [5.41, 5.74) is 1.36. The Hall–Kier alpha value is -1.70. The molecular formula is C14H20Cl2N6O. The fourth-order valence-electron chi connectivity index (χ4n) is 2.42. The monoisotopic (exact) mass is 358 g/mol. The van der Waals surface area contributed by atoms with Crippen molar-refractivity contribution in [3.8, 4) is 0 Å². The van der Waals surface area contributed by atoms with E-state index in [1.54, 1.807) is 17.1 Å². The number of hydrogen-bond acceptors (Lipinski definition) is 5. The van der Waals surface area contributed by atoms with Crippen LogP contribution in [0.1, 0.15) is 34.9 Å². The van der Waals surface area contributed by atoms with Crippen molar-refractivity contribution in [1.82, 2.24) is 25.3 Å². The number of aromatic nitrogens is 4.